The molecule has 0 saturated heterocycles. The Balaban J connectivity index is 2.34. The normalized spacial score (nSPS) is 10.8. The third-order valence-electron chi connectivity index (χ3n) is 2.59. The summed E-state index contributed by atoms with van der Waals surface area (Å²) >= 11 is 0. The quantitative estimate of drug-likeness (QED) is 0.826. The van der Waals surface area contributed by atoms with Crippen LogP contribution in [0, 0.1) is 6.92 Å². The van der Waals surface area contributed by atoms with Crippen molar-refractivity contribution in [1.82, 2.24) is 4.98 Å². The van der Waals surface area contributed by atoms with Crippen molar-refractivity contribution in [3.63, 3.8) is 0 Å². The molecule has 0 spiro atoms. The number of aromatic nitrogens is 1. The fraction of sp³-hybridized carbons (Fsp3) is 0.308. The van der Waals surface area contributed by atoms with Gasteiger partial charge in [0, 0.05) is 17.3 Å². The zero-order valence-electron chi connectivity index (χ0n) is 9.03. The molecule has 0 aliphatic carbocycles. The molecule has 0 atom stereocenters. The van der Waals surface area contributed by atoms with Gasteiger partial charge in [-0.3, -0.25) is 4.98 Å². The van der Waals surface area contributed by atoms with Crippen LogP contribution in [-0.2, 0) is 6.42 Å². The average molecular weight is 200 g/mol. The lowest BCUT2D eigenvalue weighted by Crippen LogP contribution is -2.00. The molecule has 2 rings (SSSR count). The van der Waals surface area contributed by atoms with E-state index < -0.39 is 0 Å². The van der Waals surface area contributed by atoms with Crippen LogP contribution in [0.5, 0.6) is 0 Å². The Kier molecular flexibility index (Phi) is 2.97. The van der Waals surface area contributed by atoms with E-state index in [4.69, 9.17) is 5.73 Å². The summed E-state index contributed by atoms with van der Waals surface area (Å²) in [5.74, 6) is 0. The van der Waals surface area contributed by atoms with Gasteiger partial charge in [-0.15, -0.1) is 0 Å². The van der Waals surface area contributed by atoms with Gasteiger partial charge in [0.05, 0.1) is 0 Å². The van der Waals surface area contributed by atoms with Crippen molar-refractivity contribution in [3.8, 4) is 0 Å². The zero-order chi connectivity index (χ0) is 10.7. The zero-order valence-corrected chi connectivity index (χ0v) is 9.03. The average Bonchev–Trinajstić information content (AvgIpc) is 2.26. The molecule has 0 aliphatic rings. The monoisotopic (exact) mass is 200 g/mol. The van der Waals surface area contributed by atoms with Crippen molar-refractivity contribution in [2.24, 2.45) is 5.73 Å². The summed E-state index contributed by atoms with van der Waals surface area (Å²) in [7, 11) is 0. The maximum atomic E-state index is 5.50. The van der Waals surface area contributed by atoms with Gasteiger partial charge < -0.3 is 5.73 Å². The second-order valence-electron chi connectivity index (χ2n) is 3.90. The van der Waals surface area contributed by atoms with Crippen LogP contribution >= 0.6 is 0 Å². The van der Waals surface area contributed by atoms with Gasteiger partial charge in [0.2, 0.25) is 0 Å². The summed E-state index contributed by atoms with van der Waals surface area (Å²) in [6.45, 7) is 2.77. The van der Waals surface area contributed by atoms with Crippen LogP contribution in [0.2, 0.25) is 0 Å². The van der Waals surface area contributed by atoms with E-state index in [0.717, 1.165) is 25.1 Å². The minimum Gasteiger partial charge on any atom is -0.330 e. The maximum absolute atomic E-state index is 5.50. The fourth-order valence-electron chi connectivity index (χ4n) is 1.76. The highest BCUT2D eigenvalue weighted by Crippen LogP contribution is 2.16. The van der Waals surface area contributed by atoms with Crippen LogP contribution in [0.4, 0.5) is 0 Å². The summed E-state index contributed by atoms with van der Waals surface area (Å²) in [4.78, 5) is 4.30. The van der Waals surface area contributed by atoms with Gasteiger partial charge in [0.1, 0.15) is 0 Å². The molecular weight excluding hydrogens is 184 g/mol. The Bertz CT molecular complexity index is 463. The van der Waals surface area contributed by atoms with Gasteiger partial charge in [0.25, 0.3) is 0 Å². The first-order chi connectivity index (χ1) is 7.29. The number of hydrogen-bond acceptors (Lipinski definition) is 2. The number of hydrogen-bond donors (Lipinski definition) is 1. The van der Waals surface area contributed by atoms with Crippen LogP contribution in [0.3, 0.4) is 0 Å². The third kappa shape index (κ3) is 2.34. The predicted molar refractivity (Wildman–Crippen MR) is 63.9 cm³/mol. The minimum absolute atomic E-state index is 0.754. The SMILES string of the molecule is Cc1cc2ccc(CCCN)cc2cn1. The summed E-state index contributed by atoms with van der Waals surface area (Å²) in [5.41, 5.74) is 7.91. The Morgan fingerprint density at radius 1 is 1.20 bits per heavy atom. The topological polar surface area (TPSA) is 38.9 Å². The fourth-order valence-corrected chi connectivity index (χ4v) is 1.76. The largest absolute Gasteiger partial charge is 0.330 e. The molecule has 0 amide bonds. The molecule has 1 aromatic heterocycles. The lowest BCUT2D eigenvalue weighted by Gasteiger charge is -2.03. The number of nitrogens with two attached hydrogens (primary N) is 1. The molecule has 1 heterocycles. The first-order valence-electron chi connectivity index (χ1n) is 5.35. The molecular formula is C13H16N2. The van der Waals surface area contributed by atoms with Crippen molar-refractivity contribution >= 4 is 10.8 Å². The first-order valence-corrected chi connectivity index (χ1v) is 5.35. The van der Waals surface area contributed by atoms with E-state index in [9.17, 15) is 0 Å². The number of nitrogens with zero attached hydrogens (tertiary/aromatic N) is 1. The molecule has 0 bridgehead atoms. The van der Waals surface area contributed by atoms with Crippen molar-refractivity contribution in [1.29, 1.82) is 0 Å². The Morgan fingerprint density at radius 2 is 2.07 bits per heavy atom. The van der Waals surface area contributed by atoms with Gasteiger partial charge in [-0.05, 0) is 49.4 Å². The molecule has 0 aliphatic heterocycles. The molecule has 0 fully saturated rings. The molecule has 0 unspecified atom stereocenters. The number of rotatable bonds is 3. The van der Waals surface area contributed by atoms with Gasteiger partial charge >= 0.3 is 0 Å². The van der Waals surface area contributed by atoms with E-state index in [1.54, 1.807) is 0 Å². The van der Waals surface area contributed by atoms with E-state index in [1.807, 2.05) is 13.1 Å². The molecule has 0 saturated carbocycles. The molecule has 78 valence electrons. The number of benzene rings is 1. The van der Waals surface area contributed by atoms with Crippen molar-refractivity contribution in [3.05, 3.63) is 41.7 Å². The smallest absolute Gasteiger partial charge is 0.0379 e. The maximum Gasteiger partial charge on any atom is 0.0379 e. The third-order valence-corrected chi connectivity index (χ3v) is 2.59. The molecule has 0 radical (unpaired) electrons. The molecule has 2 aromatic rings. The van der Waals surface area contributed by atoms with Crippen LogP contribution in [0.1, 0.15) is 17.7 Å². The Morgan fingerprint density at radius 3 is 2.87 bits per heavy atom. The van der Waals surface area contributed by atoms with Crippen LogP contribution < -0.4 is 5.73 Å². The predicted octanol–water partition coefficient (Wildman–Crippen LogP) is 2.43. The number of fused-ring (bicyclic) bond motifs is 1. The van der Waals surface area contributed by atoms with Crippen molar-refractivity contribution < 1.29 is 0 Å². The van der Waals surface area contributed by atoms with Gasteiger partial charge in [-0.1, -0.05) is 12.1 Å². The molecule has 15 heavy (non-hydrogen) atoms. The minimum atomic E-state index is 0.754. The summed E-state index contributed by atoms with van der Waals surface area (Å²) in [6, 6.07) is 8.66. The highest BCUT2D eigenvalue weighted by atomic mass is 14.6. The Hall–Kier alpha value is -1.41. The van der Waals surface area contributed by atoms with E-state index >= 15 is 0 Å². The van der Waals surface area contributed by atoms with Crippen LogP contribution in [-0.4, -0.2) is 11.5 Å². The number of pyridine rings is 1. The molecule has 2 heteroatoms. The van der Waals surface area contributed by atoms with E-state index in [2.05, 4.69) is 29.2 Å². The van der Waals surface area contributed by atoms with Crippen LogP contribution in [0.25, 0.3) is 10.8 Å². The lowest BCUT2D eigenvalue weighted by molar-refractivity contribution is 0.833. The van der Waals surface area contributed by atoms with E-state index in [-0.39, 0.29) is 0 Å². The van der Waals surface area contributed by atoms with Crippen LogP contribution in [0.15, 0.2) is 30.5 Å². The summed E-state index contributed by atoms with van der Waals surface area (Å²) in [5, 5.41) is 2.48. The second-order valence-corrected chi connectivity index (χ2v) is 3.90. The Labute approximate surface area is 90.1 Å². The van der Waals surface area contributed by atoms with Gasteiger partial charge in [-0.25, -0.2) is 0 Å². The lowest BCUT2D eigenvalue weighted by atomic mass is 10.0. The van der Waals surface area contributed by atoms with Gasteiger partial charge in [0.15, 0.2) is 0 Å². The second kappa shape index (κ2) is 4.41. The standard InChI is InChI=1S/C13H16N2/c1-10-7-12-5-4-11(3-2-6-14)8-13(12)9-15-10/h4-5,7-9H,2-3,6,14H2,1H3. The highest BCUT2D eigenvalue weighted by molar-refractivity contribution is 5.82. The molecule has 2 N–H and O–H groups in total. The van der Waals surface area contributed by atoms with E-state index in [1.165, 1.54) is 16.3 Å². The number of aryl methyl sites for hydroxylation is 2. The van der Waals surface area contributed by atoms with Gasteiger partial charge in [-0.2, -0.15) is 0 Å². The summed E-state index contributed by atoms with van der Waals surface area (Å²) in [6.07, 6.45) is 4.04. The summed E-state index contributed by atoms with van der Waals surface area (Å²) < 4.78 is 0. The van der Waals surface area contributed by atoms with E-state index in [0.29, 0.717) is 0 Å². The van der Waals surface area contributed by atoms with Crippen molar-refractivity contribution in [2.45, 2.75) is 19.8 Å². The highest BCUT2D eigenvalue weighted by Gasteiger charge is 1.97. The van der Waals surface area contributed by atoms with Crippen molar-refractivity contribution in [2.75, 3.05) is 6.54 Å². The molecule has 2 nitrogen and oxygen atoms in total. The molecule has 1 aromatic carbocycles. The first kappa shape index (κ1) is 10.1.